The molecule has 9 nitrogen and oxygen atoms in total. The van der Waals surface area contributed by atoms with Gasteiger partial charge in [0.2, 0.25) is 5.91 Å². The molecule has 0 bridgehead atoms. The van der Waals surface area contributed by atoms with E-state index in [2.05, 4.69) is 10.3 Å². The van der Waals surface area contributed by atoms with Gasteiger partial charge in [-0.3, -0.25) is 18.9 Å². The fraction of sp³-hybridized carbons (Fsp3) is 0.314. The maximum Gasteiger partial charge on any atom is 0.295 e. The number of fused-ring (bicyclic) bond motifs is 2. The number of amides is 1. The van der Waals surface area contributed by atoms with Crippen LogP contribution >= 0.6 is 0 Å². The van der Waals surface area contributed by atoms with E-state index in [1.54, 1.807) is 24.3 Å². The van der Waals surface area contributed by atoms with Crippen LogP contribution in [0.3, 0.4) is 0 Å². The number of pyridine rings is 1. The van der Waals surface area contributed by atoms with Crippen LogP contribution in [0.25, 0.3) is 10.9 Å². The van der Waals surface area contributed by atoms with Crippen LogP contribution in [0, 0.1) is 0 Å². The van der Waals surface area contributed by atoms with Gasteiger partial charge in [0.05, 0.1) is 22.5 Å². The van der Waals surface area contributed by atoms with Gasteiger partial charge in [0.1, 0.15) is 16.6 Å². The lowest BCUT2D eigenvalue weighted by molar-refractivity contribution is -0.116. The fourth-order valence-electron chi connectivity index (χ4n) is 5.77. The van der Waals surface area contributed by atoms with Crippen molar-refractivity contribution in [2.75, 3.05) is 5.32 Å². The second-order valence-electron chi connectivity index (χ2n) is 13.5. The lowest BCUT2D eigenvalue weighted by Gasteiger charge is -2.28. The van der Waals surface area contributed by atoms with Crippen molar-refractivity contribution in [3.05, 3.63) is 94.2 Å². The summed E-state index contributed by atoms with van der Waals surface area (Å²) < 4.78 is 33.5. The molecule has 1 unspecified atom stereocenters. The number of aromatic nitrogens is 1. The number of Topliss-reactive ketones (excluding diaryl/α,β-unsaturated/α-hetero) is 2. The number of aryl methyl sites for hydroxylation is 1. The summed E-state index contributed by atoms with van der Waals surface area (Å²) >= 11 is 0. The number of aromatic hydroxyl groups is 1. The van der Waals surface area contributed by atoms with E-state index in [1.165, 1.54) is 18.2 Å². The smallest absolute Gasteiger partial charge is 0.295 e. The molecule has 10 heteroatoms. The third-order valence-electron chi connectivity index (χ3n) is 8.08. The van der Waals surface area contributed by atoms with Crippen molar-refractivity contribution in [3.63, 3.8) is 0 Å². The molecule has 0 saturated heterocycles. The summed E-state index contributed by atoms with van der Waals surface area (Å²) in [5.41, 5.74) is 2.38. The summed E-state index contributed by atoms with van der Waals surface area (Å²) in [4.78, 5) is 43.8. The largest absolute Gasteiger partial charge is 0.507 e. The van der Waals surface area contributed by atoms with Gasteiger partial charge < -0.3 is 10.4 Å². The minimum Gasteiger partial charge on any atom is -0.507 e. The van der Waals surface area contributed by atoms with Crippen LogP contribution < -0.4 is 5.32 Å². The van der Waals surface area contributed by atoms with Crippen molar-refractivity contribution in [2.24, 2.45) is 0 Å². The van der Waals surface area contributed by atoms with Gasteiger partial charge in [-0.1, -0.05) is 84.0 Å². The number of para-hydroxylation sites is 1. The quantitative estimate of drug-likeness (QED) is 0.161. The Morgan fingerprint density at radius 3 is 2.11 bits per heavy atom. The van der Waals surface area contributed by atoms with Crippen LogP contribution in [0.4, 0.5) is 5.69 Å². The molecule has 1 aromatic heterocycles. The highest BCUT2D eigenvalue weighted by atomic mass is 32.2. The van der Waals surface area contributed by atoms with E-state index in [4.69, 9.17) is 0 Å². The predicted octanol–water partition coefficient (Wildman–Crippen LogP) is 6.52. The molecule has 0 saturated carbocycles. The molecule has 0 fully saturated rings. The highest BCUT2D eigenvalue weighted by molar-refractivity contribution is 7.86. The average Bonchev–Trinajstić information content (AvgIpc) is 3.20. The monoisotopic (exact) mass is 628 g/mol. The van der Waals surface area contributed by atoms with E-state index in [1.807, 2.05) is 53.7 Å². The Hall–Kier alpha value is -4.41. The molecular weight excluding hydrogens is 592 g/mol. The van der Waals surface area contributed by atoms with E-state index in [0.29, 0.717) is 23.0 Å². The fourth-order valence-corrected chi connectivity index (χ4v) is 6.49. The summed E-state index contributed by atoms with van der Waals surface area (Å²) in [6.45, 7) is 12.2. The number of hydrogen-bond donors (Lipinski definition) is 3. The zero-order valence-corrected chi connectivity index (χ0v) is 26.9. The molecule has 0 radical (unpaired) electrons. The van der Waals surface area contributed by atoms with Crippen molar-refractivity contribution >= 4 is 44.2 Å². The highest BCUT2D eigenvalue weighted by Gasteiger charge is 2.43. The Labute approximate surface area is 262 Å². The Morgan fingerprint density at radius 1 is 0.889 bits per heavy atom. The second-order valence-corrected chi connectivity index (χ2v) is 14.9. The number of rotatable bonds is 6. The molecule has 45 heavy (non-hydrogen) atoms. The number of nitrogens with zero attached hydrogens (tertiary/aromatic N) is 1. The Balaban J connectivity index is 1.42. The molecule has 3 N–H and O–H groups in total. The maximum absolute atomic E-state index is 13.4. The molecule has 1 heterocycles. The number of carbonyl (C=O) groups excluding carboxylic acids is 3. The molecule has 1 aliphatic carbocycles. The van der Waals surface area contributed by atoms with Crippen molar-refractivity contribution in [1.29, 1.82) is 0 Å². The Morgan fingerprint density at radius 2 is 1.51 bits per heavy atom. The summed E-state index contributed by atoms with van der Waals surface area (Å²) in [5.74, 6) is -2.77. The zero-order valence-electron chi connectivity index (χ0n) is 26.1. The number of carbonyl (C=O) groups is 3. The van der Waals surface area contributed by atoms with Crippen molar-refractivity contribution < 1.29 is 32.5 Å². The van der Waals surface area contributed by atoms with Gasteiger partial charge in [-0.15, -0.1) is 0 Å². The number of ketones is 2. The molecule has 4 aromatic rings. The number of phenols is 1. The third kappa shape index (κ3) is 6.12. The standard InChI is InChI=1S/C35H36N2O7S/c1-34(2,3)22-17-19(18-23(32(22)40)35(4,5)6)13-16-27(38)36-25-11-7-9-20-14-15-24(37-30(20)25)29-31(39)21-10-8-12-26(45(42,43)44)28(21)33(29)41/h7-12,14-15,17-18,29,40H,13,16H2,1-6H3,(H,36,38)(H,42,43,44). The average molecular weight is 629 g/mol. The van der Waals surface area contributed by atoms with Gasteiger partial charge >= 0.3 is 0 Å². The second kappa shape index (κ2) is 11.2. The van der Waals surface area contributed by atoms with E-state index < -0.39 is 32.5 Å². The first-order valence-corrected chi connectivity index (χ1v) is 16.1. The van der Waals surface area contributed by atoms with Gasteiger partial charge in [0.15, 0.2) is 11.6 Å². The van der Waals surface area contributed by atoms with E-state index >= 15 is 0 Å². The molecule has 1 atom stereocenters. The molecule has 3 aromatic carbocycles. The summed E-state index contributed by atoms with van der Waals surface area (Å²) in [7, 11) is -4.75. The van der Waals surface area contributed by atoms with Gasteiger partial charge in [0.25, 0.3) is 10.1 Å². The number of nitrogens with one attached hydrogen (secondary N) is 1. The number of hydrogen-bond acceptors (Lipinski definition) is 7. The topological polar surface area (TPSA) is 151 Å². The minimum atomic E-state index is -4.75. The molecule has 1 amide bonds. The van der Waals surface area contributed by atoms with E-state index in [0.717, 1.165) is 22.8 Å². The highest BCUT2D eigenvalue weighted by Crippen LogP contribution is 2.40. The summed E-state index contributed by atoms with van der Waals surface area (Å²) in [6, 6.07) is 16.0. The molecule has 1 aliphatic rings. The van der Waals surface area contributed by atoms with Crippen LogP contribution in [0.15, 0.2) is 65.6 Å². The molecular formula is C35H36N2O7S. The van der Waals surface area contributed by atoms with Crippen LogP contribution in [-0.4, -0.2) is 40.5 Å². The van der Waals surface area contributed by atoms with Gasteiger partial charge in [-0.05, 0) is 52.1 Å². The molecule has 0 spiro atoms. The Kier molecular flexibility index (Phi) is 7.96. The number of phenolic OH excluding ortho intramolecular Hbond substituents is 1. The number of anilines is 1. The van der Waals surface area contributed by atoms with Crippen LogP contribution in [0.1, 0.15) is 97.0 Å². The first kappa shape index (κ1) is 32.0. The minimum absolute atomic E-state index is 0.0953. The van der Waals surface area contributed by atoms with E-state index in [9.17, 15) is 32.5 Å². The number of benzene rings is 3. The van der Waals surface area contributed by atoms with Crippen molar-refractivity contribution in [1.82, 2.24) is 4.98 Å². The lowest BCUT2D eigenvalue weighted by Crippen LogP contribution is -2.18. The lowest BCUT2D eigenvalue weighted by atomic mass is 9.78. The molecule has 5 rings (SSSR count). The van der Waals surface area contributed by atoms with E-state index in [-0.39, 0.29) is 45.7 Å². The maximum atomic E-state index is 13.4. The van der Waals surface area contributed by atoms with Gasteiger partial charge in [-0.25, -0.2) is 4.98 Å². The zero-order chi connectivity index (χ0) is 33.1. The summed E-state index contributed by atoms with van der Waals surface area (Å²) in [6.07, 6.45) is 0.586. The van der Waals surface area contributed by atoms with Crippen molar-refractivity contribution in [3.8, 4) is 5.75 Å². The molecule has 0 aliphatic heterocycles. The SMILES string of the molecule is CC(C)(C)c1cc(CCC(=O)Nc2cccc3ccc(C4C(=O)c5cccc(S(=O)(=O)O)c5C4=O)nc23)cc(C(C)(C)C)c1O. The third-order valence-corrected chi connectivity index (χ3v) is 8.97. The van der Waals surface area contributed by atoms with Gasteiger partial charge in [-0.2, -0.15) is 8.42 Å². The first-order valence-electron chi connectivity index (χ1n) is 14.6. The normalized spacial score (nSPS) is 15.4. The predicted molar refractivity (Wildman–Crippen MR) is 172 cm³/mol. The van der Waals surface area contributed by atoms with Crippen LogP contribution in [-0.2, 0) is 32.2 Å². The van der Waals surface area contributed by atoms with Gasteiger partial charge in [0, 0.05) is 17.4 Å². The first-order chi connectivity index (χ1) is 20.9. The Bertz CT molecular complexity index is 1970. The van der Waals surface area contributed by atoms with Crippen molar-refractivity contribution in [2.45, 2.75) is 76.0 Å². The molecule has 234 valence electrons. The summed E-state index contributed by atoms with van der Waals surface area (Å²) in [5, 5.41) is 14.6. The van der Waals surface area contributed by atoms with Crippen LogP contribution in [0.2, 0.25) is 0 Å². The van der Waals surface area contributed by atoms with Crippen LogP contribution in [0.5, 0.6) is 5.75 Å².